The lowest BCUT2D eigenvalue weighted by Gasteiger charge is -2.26. The number of nitrogens with two attached hydrogens (primary N) is 1. The molecule has 0 saturated carbocycles. The van der Waals surface area contributed by atoms with Gasteiger partial charge in [0.25, 0.3) is 0 Å². The molecule has 1 aromatic rings. The minimum Gasteiger partial charge on any atom is -0.378 e. The molecule has 2 rings (SSSR count). The molecule has 0 bridgehead atoms. The number of rotatable bonds is 5. The Morgan fingerprint density at radius 3 is 2.60 bits per heavy atom. The van der Waals surface area contributed by atoms with Crippen LogP contribution < -0.4 is 10.6 Å². The Balaban J connectivity index is 2.18. The third kappa shape index (κ3) is 3.19. The highest BCUT2D eigenvalue weighted by molar-refractivity contribution is 5.95. The van der Waals surface area contributed by atoms with Crippen LogP contribution in [0.15, 0.2) is 24.3 Å². The monoisotopic (exact) mass is 276 g/mol. The average Bonchev–Trinajstić information content (AvgIpc) is 2.90. The third-order valence-electron chi connectivity index (χ3n) is 3.89. The Kier molecular flexibility index (Phi) is 5.15. The Morgan fingerprint density at radius 2 is 2.10 bits per heavy atom. The van der Waals surface area contributed by atoms with Gasteiger partial charge in [-0.2, -0.15) is 0 Å². The van der Waals surface area contributed by atoms with Crippen LogP contribution in [0.1, 0.15) is 32.3 Å². The van der Waals surface area contributed by atoms with Crippen LogP contribution in [-0.2, 0) is 16.1 Å². The molecule has 0 aliphatic carbocycles. The summed E-state index contributed by atoms with van der Waals surface area (Å²) in [4.78, 5) is 14.6. The van der Waals surface area contributed by atoms with E-state index in [-0.39, 0.29) is 17.9 Å². The van der Waals surface area contributed by atoms with E-state index >= 15 is 0 Å². The molecule has 1 aromatic carbocycles. The Hall–Kier alpha value is -1.39. The van der Waals surface area contributed by atoms with Gasteiger partial charge in [-0.15, -0.1) is 0 Å². The molecule has 2 N–H and O–H groups in total. The molecular formula is C16H24N2O2. The number of ether oxygens (including phenoxy) is 1. The summed E-state index contributed by atoms with van der Waals surface area (Å²) < 4.78 is 5.52. The predicted molar refractivity (Wildman–Crippen MR) is 80.5 cm³/mol. The molecule has 1 aliphatic heterocycles. The van der Waals surface area contributed by atoms with E-state index in [1.54, 1.807) is 0 Å². The molecule has 1 saturated heterocycles. The molecular weight excluding hydrogens is 252 g/mol. The van der Waals surface area contributed by atoms with Gasteiger partial charge in [0.15, 0.2) is 0 Å². The standard InChI is InChI=1S/C16H24N2O2/c1-3-9-18(14-6-4-13(11-17)5-7-14)16(19)15-8-10-20-12(15)2/h4-7,12,15H,3,8-11,17H2,1-2H3. The lowest BCUT2D eigenvalue weighted by atomic mass is 10.0. The highest BCUT2D eigenvalue weighted by Gasteiger charge is 2.34. The van der Waals surface area contributed by atoms with Gasteiger partial charge in [-0.3, -0.25) is 4.79 Å². The zero-order chi connectivity index (χ0) is 14.5. The van der Waals surface area contributed by atoms with Gasteiger partial charge < -0.3 is 15.4 Å². The molecule has 1 heterocycles. The quantitative estimate of drug-likeness (QED) is 0.898. The van der Waals surface area contributed by atoms with Crippen molar-refractivity contribution in [1.82, 2.24) is 0 Å². The smallest absolute Gasteiger partial charge is 0.232 e. The van der Waals surface area contributed by atoms with Crippen LogP contribution in [0.25, 0.3) is 0 Å². The van der Waals surface area contributed by atoms with Crippen LogP contribution >= 0.6 is 0 Å². The molecule has 0 spiro atoms. The topological polar surface area (TPSA) is 55.6 Å². The van der Waals surface area contributed by atoms with Crippen LogP contribution in [0, 0.1) is 5.92 Å². The SMILES string of the molecule is CCCN(C(=O)C1CCOC1C)c1ccc(CN)cc1. The lowest BCUT2D eigenvalue weighted by Crippen LogP contribution is -2.39. The Bertz CT molecular complexity index is 444. The summed E-state index contributed by atoms with van der Waals surface area (Å²) in [5, 5.41) is 0. The van der Waals surface area contributed by atoms with Crippen LogP contribution in [0.4, 0.5) is 5.69 Å². The zero-order valence-corrected chi connectivity index (χ0v) is 12.3. The number of nitrogens with zero attached hydrogens (tertiary/aromatic N) is 1. The van der Waals surface area contributed by atoms with E-state index in [1.807, 2.05) is 36.1 Å². The normalized spacial score (nSPS) is 21.9. The molecule has 20 heavy (non-hydrogen) atoms. The average molecular weight is 276 g/mol. The second-order valence-corrected chi connectivity index (χ2v) is 5.33. The molecule has 4 heteroatoms. The minimum absolute atomic E-state index is 0.0178. The molecule has 0 aromatic heterocycles. The highest BCUT2D eigenvalue weighted by Crippen LogP contribution is 2.26. The summed E-state index contributed by atoms with van der Waals surface area (Å²) >= 11 is 0. The summed E-state index contributed by atoms with van der Waals surface area (Å²) in [6, 6.07) is 7.94. The van der Waals surface area contributed by atoms with Crippen molar-refractivity contribution in [3.63, 3.8) is 0 Å². The fraction of sp³-hybridized carbons (Fsp3) is 0.562. The largest absolute Gasteiger partial charge is 0.378 e. The Labute approximate surface area is 120 Å². The van der Waals surface area contributed by atoms with Crippen LogP contribution in [0.5, 0.6) is 0 Å². The van der Waals surface area contributed by atoms with Crippen molar-refractivity contribution < 1.29 is 9.53 Å². The summed E-state index contributed by atoms with van der Waals surface area (Å²) in [7, 11) is 0. The van der Waals surface area contributed by atoms with E-state index in [0.717, 1.165) is 30.6 Å². The van der Waals surface area contributed by atoms with Crippen LogP contribution in [-0.4, -0.2) is 25.2 Å². The molecule has 2 atom stereocenters. The van der Waals surface area contributed by atoms with Crippen molar-refractivity contribution in [2.45, 2.75) is 39.3 Å². The third-order valence-corrected chi connectivity index (χ3v) is 3.89. The van der Waals surface area contributed by atoms with Gasteiger partial charge in [0.1, 0.15) is 0 Å². The number of carbonyl (C=O) groups is 1. The number of benzene rings is 1. The maximum absolute atomic E-state index is 12.7. The number of anilines is 1. The van der Waals surface area contributed by atoms with E-state index in [9.17, 15) is 4.79 Å². The number of hydrogen-bond acceptors (Lipinski definition) is 3. The van der Waals surface area contributed by atoms with Gasteiger partial charge >= 0.3 is 0 Å². The van der Waals surface area contributed by atoms with E-state index < -0.39 is 0 Å². The zero-order valence-electron chi connectivity index (χ0n) is 12.3. The first-order valence-corrected chi connectivity index (χ1v) is 7.39. The van der Waals surface area contributed by atoms with Crippen LogP contribution in [0.3, 0.4) is 0 Å². The second kappa shape index (κ2) is 6.86. The first-order chi connectivity index (χ1) is 9.67. The van der Waals surface area contributed by atoms with Crippen molar-refractivity contribution in [3.8, 4) is 0 Å². The Morgan fingerprint density at radius 1 is 1.40 bits per heavy atom. The first-order valence-electron chi connectivity index (χ1n) is 7.39. The maximum Gasteiger partial charge on any atom is 0.232 e. The van der Waals surface area contributed by atoms with Gasteiger partial charge in [0.2, 0.25) is 5.91 Å². The van der Waals surface area contributed by atoms with Crippen molar-refractivity contribution in [2.75, 3.05) is 18.1 Å². The molecule has 1 amide bonds. The first kappa shape index (κ1) is 15.0. The fourth-order valence-electron chi connectivity index (χ4n) is 2.66. The lowest BCUT2D eigenvalue weighted by molar-refractivity contribution is -0.123. The second-order valence-electron chi connectivity index (χ2n) is 5.33. The highest BCUT2D eigenvalue weighted by atomic mass is 16.5. The van der Waals surface area contributed by atoms with Gasteiger partial charge in [-0.1, -0.05) is 19.1 Å². The molecule has 0 radical (unpaired) electrons. The summed E-state index contributed by atoms with van der Waals surface area (Å²) in [6.45, 7) is 6.02. The van der Waals surface area contributed by atoms with E-state index in [1.165, 1.54) is 0 Å². The summed E-state index contributed by atoms with van der Waals surface area (Å²) in [6.07, 6.45) is 1.78. The van der Waals surface area contributed by atoms with Crippen molar-refractivity contribution in [1.29, 1.82) is 0 Å². The van der Waals surface area contributed by atoms with Gasteiger partial charge in [0.05, 0.1) is 12.0 Å². The van der Waals surface area contributed by atoms with Gasteiger partial charge in [0, 0.05) is 25.4 Å². The molecule has 1 fully saturated rings. The van der Waals surface area contributed by atoms with Gasteiger partial charge in [-0.05, 0) is 37.5 Å². The van der Waals surface area contributed by atoms with Crippen molar-refractivity contribution >= 4 is 11.6 Å². The van der Waals surface area contributed by atoms with Crippen molar-refractivity contribution in [2.24, 2.45) is 11.7 Å². The minimum atomic E-state index is -0.0178. The summed E-state index contributed by atoms with van der Waals surface area (Å²) in [5.74, 6) is 0.160. The number of carbonyl (C=O) groups excluding carboxylic acids is 1. The van der Waals surface area contributed by atoms with Gasteiger partial charge in [-0.25, -0.2) is 0 Å². The summed E-state index contributed by atoms with van der Waals surface area (Å²) in [5.41, 5.74) is 7.65. The van der Waals surface area contributed by atoms with E-state index in [2.05, 4.69) is 6.92 Å². The van der Waals surface area contributed by atoms with E-state index in [0.29, 0.717) is 13.2 Å². The molecule has 4 nitrogen and oxygen atoms in total. The fourth-order valence-corrected chi connectivity index (χ4v) is 2.66. The molecule has 2 unspecified atom stereocenters. The van der Waals surface area contributed by atoms with Crippen LogP contribution in [0.2, 0.25) is 0 Å². The molecule has 1 aliphatic rings. The van der Waals surface area contributed by atoms with E-state index in [4.69, 9.17) is 10.5 Å². The maximum atomic E-state index is 12.7. The van der Waals surface area contributed by atoms with Crippen molar-refractivity contribution in [3.05, 3.63) is 29.8 Å². The molecule has 110 valence electrons. The number of hydrogen-bond donors (Lipinski definition) is 1. The predicted octanol–water partition coefficient (Wildman–Crippen LogP) is 2.31. The number of amides is 1.